The molecule has 0 aromatic heterocycles. The van der Waals surface area contributed by atoms with Gasteiger partial charge in [0.05, 0.1) is 12.2 Å². The Kier molecular flexibility index (Phi) is 11.0. The van der Waals surface area contributed by atoms with Crippen molar-refractivity contribution in [1.29, 1.82) is 0 Å². The van der Waals surface area contributed by atoms with Gasteiger partial charge in [0.25, 0.3) is 0 Å². The van der Waals surface area contributed by atoms with E-state index in [0.717, 1.165) is 51.4 Å². The van der Waals surface area contributed by atoms with Crippen LogP contribution in [-0.2, 0) is 9.59 Å². The van der Waals surface area contributed by atoms with Gasteiger partial charge in [-0.15, -0.1) is 0 Å². The Bertz CT molecular complexity index is 396. The van der Waals surface area contributed by atoms with E-state index in [1.54, 1.807) is 0 Å². The van der Waals surface area contributed by atoms with Gasteiger partial charge in [-0.1, -0.05) is 45.4 Å². The van der Waals surface area contributed by atoms with Gasteiger partial charge in [-0.3, -0.25) is 9.59 Å². The number of carboxylic acids is 1. The molecule has 0 saturated heterocycles. The molecule has 1 fully saturated rings. The third kappa shape index (κ3) is 8.82. The first-order chi connectivity index (χ1) is 12.0. The number of rotatable bonds is 14. The molecule has 1 saturated carbocycles. The van der Waals surface area contributed by atoms with Gasteiger partial charge in [0, 0.05) is 18.8 Å². The van der Waals surface area contributed by atoms with Crippen LogP contribution in [0.1, 0.15) is 90.4 Å². The minimum Gasteiger partial charge on any atom is -0.481 e. The van der Waals surface area contributed by atoms with E-state index in [0.29, 0.717) is 19.3 Å². The largest absolute Gasteiger partial charge is 0.481 e. The van der Waals surface area contributed by atoms with Crippen molar-refractivity contribution >= 4 is 11.8 Å². The summed E-state index contributed by atoms with van der Waals surface area (Å²) < 4.78 is 0. The number of unbranched alkanes of at least 4 members (excludes halogenated alkanes) is 5. The van der Waals surface area contributed by atoms with Gasteiger partial charge in [0.2, 0.25) is 0 Å². The van der Waals surface area contributed by atoms with Crippen LogP contribution < -0.4 is 0 Å². The summed E-state index contributed by atoms with van der Waals surface area (Å²) in [5.74, 6) is -0.708. The highest BCUT2D eigenvalue weighted by Crippen LogP contribution is 2.36. The van der Waals surface area contributed by atoms with E-state index in [-0.39, 0.29) is 36.6 Å². The Morgan fingerprint density at radius 2 is 1.80 bits per heavy atom. The lowest BCUT2D eigenvalue weighted by Crippen LogP contribution is -2.22. The number of carbonyl (C=O) groups is 2. The molecular weight excluding hydrogens is 320 g/mol. The zero-order chi connectivity index (χ0) is 18.7. The quantitative estimate of drug-likeness (QED) is 0.413. The monoisotopic (exact) mass is 356 g/mol. The number of Topliss-reactive ketones (excluding diaryl/α,β-unsaturated/α-hetero) is 1. The lowest BCUT2D eigenvalue weighted by atomic mass is 9.85. The number of aliphatic carboxylic acids is 1. The van der Waals surface area contributed by atoms with E-state index in [1.807, 2.05) is 0 Å². The Morgan fingerprint density at radius 3 is 2.48 bits per heavy atom. The maximum Gasteiger partial charge on any atom is 0.303 e. The van der Waals surface area contributed by atoms with Crippen LogP contribution in [0.2, 0.25) is 0 Å². The summed E-state index contributed by atoms with van der Waals surface area (Å²) in [6.45, 7) is 2.14. The molecule has 1 rings (SSSR count). The molecule has 0 aromatic rings. The third-order valence-electron chi connectivity index (χ3n) is 5.46. The number of carboxylic acid groups (broad SMARTS) is 1. The van der Waals surface area contributed by atoms with Crippen molar-refractivity contribution in [3.05, 3.63) is 0 Å². The molecule has 146 valence electrons. The molecule has 5 nitrogen and oxygen atoms in total. The molecule has 0 aliphatic heterocycles. The van der Waals surface area contributed by atoms with E-state index in [9.17, 15) is 19.8 Å². The van der Waals surface area contributed by atoms with Gasteiger partial charge in [0.15, 0.2) is 0 Å². The third-order valence-corrected chi connectivity index (χ3v) is 5.46. The van der Waals surface area contributed by atoms with Crippen molar-refractivity contribution < 1.29 is 24.9 Å². The standard InChI is InChI=1S/C20H36O5/c1-2-3-6-9-15(21)12-13-17-16(18(22)14-19(17)23)10-7-4-5-8-11-20(24)25/h15-17,19,21,23H,2-14H2,1H3,(H,24,25)/t15-,16+,17+,19+/m1/s1. The predicted octanol–water partition coefficient (Wildman–Crippen LogP) is 3.70. The van der Waals surface area contributed by atoms with E-state index in [1.165, 1.54) is 0 Å². The summed E-state index contributed by atoms with van der Waals surface area (Å²) in [6, 6.07) is 0. The summed E-state index contributed by atoms with van der Waals surface area (Å²) in [6.07, 6.45) is 9.21. The molecule has 0 spiro atoms. The molecule has 4 atom stereocenters. The molecular formula is C20H36O5. The molecule has 0 unspecified atom stereocenters. The number of hydrogen-bond donors (Lipinski definition) is 3. The molecule has 0 heterocycles. The van der Waals surface area contributed by atoms with E-state index in [2.05, 4.69) is 6.92 Å². The van der Waals surface area contributed by atoms with E-state index < -0.39 is 12.1 Å². The first-order valence-electron chi connectivity index (χ1n) is 10.1. The smallest absolute Gasteiger partial charge is 0.303 e. The molecule has 0 radical (unpaired) electrons. The van der Waals surface area contributed by atoms with Crippen LogP contribution in [0.25, 0.3) is 0 Å². The van der Waals surface area contributed by atoms with Crippen molar-refractivity contribution in [2.45, 2.75) is 103 Å². The molecule has 1 aliphatic rings. The second-order valence-electron chi connectivity index (χ2n) is 7.58. The molecule has 5 heteroatoms. The SMILES string of the molecule is CCCCC[C@@H](O)CC[C@H]1[C@H](CCCCCCC(=O)O)C(=O)C[C@@H]1O. The fraction of sp³-hybridized carbons (Fsp3) is 0.900. The molecule has 0 amide bonds. The lowest BCUT2D eigenvalue weighted by Gasteiger charge is -2.22. The second kappa shape index (κ2) is 12.4. The maximum atomic E-state index is 12.2. The average molecular weight is 357 g/mol. The molecule has 3 N–H and O–H groups in total. The number of carbonyl (C=O) groups excluding carboxylic acids is 1. The van der Waals surface area contributed by atoms with Crippen LogP contribution >= 0.6 is 0 Å². The predicted molar refractivity (Wildman–Crippen MR) is 97.3 cm³/mol. The maximum absolute atomic E-state index is 12.2. The van der Waals surface area contributed by atoms with Crippen LogP contribution in [0.4, 0.5) is 0 Å². The zero-order valence-corrected chi connectivity index (χ0v) is 15.7. The summed E-state index contributed by atoms with van der Waals surface area (Å²) >= 11 is 0. The zero-order valence-electron chi connectivity index (χ0n) is 15.7. The molecule has 0 aromatic carbocycles. The Balaban J connectivity index is 2.30. The van der Waals surface area contributed by atoms with Gasteiger partial charge in [-0.05, 0) is 38.0 Å². The van der Waals surface area contributed by atoms with Crippen molar-refractivity contribution in [2.24, 2.45) is 11.8 Å². The summed E-state index contributed by atoms with van der Waals surface area (Å²) in [5, 5.41) is 28.9. The Morgan fingerprint density at radius 1 is 1.08 bits per heavy atom. The average Bonchev–Trinajstić information content (AvgIpc) is 2.82. The fourth-order valence-electron chi connectivity index (χ4n) is 3.94. The van der Waals surface area contributed by atoms with Gasteiger partial charge < -0.3 is 15.3 Å². The normalized spacial score (nSPS) is 24.6. The van der Waals surface area contributed by atoms with Crippen molar-refractivity contribution in [3.63, 3.8) is 0 Å². The number of aliphatic hydroxyl groups excluding tert-OH is 2. The molecule has 25 heavy (non-hydrogen) atoms. The first kappa shape index (κ1) is 22.1. The first-order valence-corrected chi connectivity index (χ1v) is 10.1. The topological polar surface area (TPSA) is 94.8 Å². The van der Waals surface area contributed by atoms with Crippen molar-refractivity contribution in [2.75, 3.05) is 0 Å². The van der Waals surface area contributed by atoms with Gasteiger partial charge in [0.1, 0.15) is 5.78 Å². The van der Waals surface area contributed by atoms with Crippen LogP contribution in [0.5, 0.6) is 0 Å². The van der Waals surface area contributed by atoms with Gasteiger partial charge in [-0.25, -0.2) is 0 Å². The number of ketones is 1. The minimum atomic E-state index is -0.758. The summed E-state index contributed by atoms with van der Waals surface area (Å²) in [4.78, 5) is 22.6. The second-order valence-corrected chi connectivity index (χ2v) is 7.58. The van der Waals surface area contributed by atoms with E-state index in [4.69, 9.17) is 5.11 Å². The van der Waals surface area contributed by atoms with Crippen molar-refractivity contribution in [3.8, 4) is 0 Å². The Hall–Kier alpha value is -0.940. The van der Waals surface area contributed by atoms with E-state index >= 15 is 0 Å². The van der Waals surface area contributed by atoms with Crippen LogP contribution in [0.15, 0.2) is 0 Å². The van der Waals surface area contributed by atoms with Gasteiger partial charge in [-0.2, -0.15) is 0 Å². The highest BCUT2D eigenvalue weighted by molar-refractivity contribution is 5.84. The summed E-state index contributed by atoms with van der Waals surface area (Å²) in [7, 11) is 0. The number of hydrogen-bond acceptors (Lipinski definition) is 4. The van der Waals surface area contributed by atoms with Crippen LogP contribution in [-0.4, -0.2) is 39.3 Å². The fourth-order valence-corrected chi connectivity index (χ4v) is 3.94. The molecule has 1 aliphatic carbocycles. The summed E-state index contributed by atoms with van der Waals surface area (Å²) in [5.41, 5.74) is 0. The highest BCUT2D eigenvalue weighted by Gasteiger charge is 2.40. The highest BCUT2D eigenvalue weighted by atomic mass is 16.4. The van der Waals surface area contributed by atoms with Crippen LogP contribution in [0, 0.1) is 11.8 Å². The van der Waals surface area contributed by atoms with Crippen molar-refractivity contribution in [1.82, 2.24) is 0 Å². The Labute approximate surface area is 151 Å². The van der Waals surface area contributed by atoms with Gasteiger partial charge >= 0.3 is 5.97 Å². The molecule has 0 bridgehead atoms. The number of aliphatic hydroxyl groups is 2. The minimum absolute atomic E-state index is 0.0210. The lowest BCUT2D eigenvalue weighted by molar-refractivity contribution is -0.137. The van der Waals surface area contributed by atoms with Crippen LogP contribution in [0.3, 0.4) is 0 Å².